The summed E-state index contributed by atoms with van der Waals surface area (Å²) in [6.45, 7) is 13.3. The van der Waals surface area contributed by atoms with Crippen molar-refractivity contribution in [1.82, 2.24) is 0 Å². The largest absolute Gasteiger partial charge is 0.493 e. The average Bonchev–Trinajstić information content (AvgIpc) is 2.71. The number of benzene rings is 3. The second kappa shape index (κ2) is 9.98. The highest BCUT2D eigenvalue weighted by atomic mass is 16.5. The smallest absolute Gasteiger partial charge is 0.119 e. The number of hydrogen-bond donors (Lipinski definition) is 0. The second-order valence-corrected chi connectivity index (χ2v) is 7.85. The Labute approximate surface area is 170 Å². The predicted molar refractivity (Wildman–Crippen MR) is 122 cm³/mol. The molecule has 0 amide bonds. The highest BCUT2D eigenvalue weighted by molar-refractivity contribution is 5.76. The first-order valence-electron chi connectivity index (χ1n) is 10.1. The van der Waals surface area contributed by atoms with E-state index in [4.69, 9.17) is 4.74 Å². The van der Waals surface area contributed by atoms with Gasteiger partial charge >= 0.3 is 0 Å². The van der Waals surface area contributed by atoms with Crippen molar-refractivity contribution < 1.29 is 4.74 Å². The van der Waals surface area contributed by atoms with Gasteiger partial charge in [0.2, 0.25) is 0 Å². The number of para-hydroxylation sites is 1. The van der Waals surface area contributed by atoms with E-state index in [9.17, 15) is 0 Å². The van der Waals surface area contributed by atoms with Gasteiger partial charge in [0.25, 0.3) is 0 Å². The van der Waals surface area contributed by atoms with Gasteiger partial charge < -0.3 is 9.64 Å². The third kappa shape index (κ3) is 6.16. The number of ether oxygens (including phenoxy) is 1. The van der Waals surface area contributed by atoms with Crippen molar-refractivity contribution in [3.05, 3.63) is 84.4 Å². The Bertz CT molecular complexity index is 815. The highest BCUT2D eigenvalue weighted by Crippen LogP contribution is 2.35. The molecule has 0 saturated heterocycles. The van der Waals surface area contributed by atoms with E-state index in [1.165, 1.54) is 5.56 Å². The third-order valence-corrected chi connectivity index (χ3v) is 4.07. The Hall–Kier alpha value is -2.74. The molecule has 2 heteroatoms. The van der Waals surface area contributed by atoms with Crippen molar-refractivity contribution in [3.63, 3.8) is 0 Å². The van der Waals surface area contributed by atoms with Crippen molar-refractivity contribution >= 4 is 17.1 Å². The molecule has 0 saturated carbocycles. The van der Waals surface area contributed by atoms with Crippen molar-refractivity contribution in [3.8, 4) is 5.75 Å². The van der Waals surface area contributed by atoms with Gasteiger partial charge in [-0.05, 0) is 60.9 Å². The van der Waals surface area contributed by atoms with Gasteiger partial charge in [0.15, 0.2) is 0 Å². The minimum absolute atomic E-state index is 0.149. The molecule has 2 nitrogen and oxygen atoms in total. The maximum atomic E-state index is 5.91. The number of anilines is 3. The van der Waals surface area contributed by atoms with Crippen LogP contribution in [0.2, 0.25) is 0 Å². The molecular formula is C26H33NO. The SMILES string of the molecule is CC.Cc1ccc(N(c2ccccc2)c2ccc(OCC(C)(C)C)cc2)cc1. The van der Waals surface area contributed by atoms with Crippen LogP contribution in [0.1, 0.15) is 40.2 Å². The van der Waals surface area contributed by atoms with Crippen LogP contribution in [0, 0.1) is 12.3 Å². The van der Waals surface area contributed by atoms with Crippen molar-refractivity contribution in [2.24, 2.45) is 5.41 Å². The molecule has 0 heterocycles. The van der Waals surface area contributed by atoms with Gasteiger partial charge in [0.05, 0.1) is 6.61 Å². The van der Waals surface area contributed by atoms with E-state index in [0.717, 1.165) is 22.8 Å². The van der Waals surface area contributed by atoms with E-state index in [0.29, 0.717) is 6.61 Å². The van der Waals surface area contributed by atoms with E-state index < -0.39 is 0 Å². The Morgan fingerprint density at radius 1 is 0.679 bits per heavy atom. The summed E-state index contributed by atoms with van der Waals surface area (Å²) < 4.78 is 5.91. The van der Waals surface area contributed by atoms with Crippen LogP contribution in [-0.2, 0) is 0 Å². The number of hydrogen-bond acceptors (Lipinski definition) is 2. The van der Waals surface area contributed by atoms with Gasteiger partial charge in [-0.1, -0.05) is 70.5 Å². The fraction of sp³-hybridized carbons (Fsp3) is 0.308. The molecule has 0 unspecified atom stereocenters. The lowest BCUT2D eigenvalue weighted by Crippen LogP contribution is -2.16. The van der Waals surface area contributed by atoms with E-state index in [1.807, 2.05) is 32.0 Å². The molecule has 3 aromatic carbocycles. The van der Waals surface area contributed by atoms with Gasteiger partial charge in [-0.25, -0.2) is 0 Å². The van der Waals surface area contributed by atoms with Gasteiger partial charge in [-0.3, -0.25) is 0 Å². The van der Waals surface area contributed by atoms with Crippen LogP contribution < -0.4 is 9.64 Å². The highest BCUT2D eigenvalue weighted by Gasteiger charge is 2.13. The van der Waals surface area contributed by atoms with E-state index >= 15 is 0 Å². The number of aryl methyl sites for hydroxylation is 1. The third-order valence-electron chi connectivity index (χ3n) is 4.07. The number of rotatable bonds is 5. The molecule has 0 atom stereocenters. The lowest BCUT2D eigenvalue weighted by Gasteiger charge is -2.26. The van der Waals surface area contributed by atoms with Crippen LogP contribution in [-0.4, -0.2) is 6.61 Å². The molecule has 0 spiro atoms. The summed E-state index contributed by atoms with van der Waals surface area (Å²) in [5.41, 5.74) is 4.80. The summed E-state index contributed by atoms with van der Waals surface area (Å²) in [6.07, 6.45) is 0. The summed E-state index contributed by atoms with van der Waals surface area (Å²) in [5.74, 6) is 0.903. The van der Waals surface area contributed by atoms with E-state index in [-0.39, 0.29) is 5.41 Å². The standard InChI is InChI=1S/C24H27NO.C2H6/c1-19-10-12-21(13-11-19)25(20-8-6-5-7-9-20)22-14-16-23(17-15-22)26-18-24(2,3)4;1-2/h5-17H,18H2,1-4H3;1-2H3. The summed E-state index contributed by atoms with van der Waals surface area (Å²) in [7, 11) is 0. The minimum atomic E-state index is 0.149. The molecule has 0 aliphatic heterocycles. The predicted octanol–water partition coefficient (Wildman–Crippen LogP) is 7.92. The summed E-state index contributed by atoms with van der Waals surface area (Å²) in [4.78, 5) is 2.26. The second-order valence-electron chi connectivity index (χ2n) is 7.85. The first kappa shape index (κ1) is 21.6. The molecule has 0 aliphatic rings. The fourth-order valence-electron chi connectivity index (χ4n) is 2.71. The molecule has 0 fully saturated rings. The molecule has 3 aromatic rings. The fourth-order valence-corrected chi connectivity index (χ4v) is 2.71. The molecule has 3 rings (SSSR count). The van der Waals surface area contributed by atoms with Gasteiger partial charge in [0.1, 0.15) is 5.75 Å². The Balaban J connectivity index is 0.00000136. The normalized spacial score (nSPS) is 10.6. The van der Waals surface area contributed by atoms with Crippen LogP contribution >= 0.6 is 0 Å². The van der Waals surface area contributed by atoms with Crippen LogP contribution in [0.5, 0.6) is 5.75 Å². The monoisotopic (exact) mass is 375 g/mol. The Morgan fingerprint density at radius 3 is 1.64 bits per heavy atom. The quantitative estimate of drug-likeness (QED) is 0.449. The lowest BCUT2D eigenvalue weighted by molar-refractivity contribution is 0.198. The van der Waals surface area contributed by atoms with Gasteiger partial charge in [0, 0.05) is 17.1 Å². The van der Waals surface area contributed by atoms with Crippen molar-refractivity contribution in [2.75, 3.05) is 11.5 Å². The van der Waals surface area contributed by atoms with E-state index in [1.54, 1.807) is 0 Å². The maximum Gasteiger partial charge on any atom is 0.119 e. The number of nitrogens with zero attached hydrogens (tertiary/aromatic N) is 1. The van der Waals surface area contributed by atoms with Crippen LogP contribution in [0.3, 0.4) is 0 Å². The van der Waals surface area contributed by atoms with Crippen LogP contribution in [0.15, 0.2) is 78.9 Å². The molecule has 0 N–H and O–H groups in total. The Morgan fingerprint density at radius 2 is 1.14 bits per heavy atom. The minimum Gasteiger partial charge on any atom is -0.493 e. The average molecular weight is 376 g/mol. The molecule has 0 bridgehead atoms. The summed E-state index contributed by atoms with van der Waals surface area (Å²) >= 11 is 0. The van der Waals surface area contributed by atoms with Crippen LogP contribution in [0.4, 0.5) is 17.1 Å². The zero-order valence-corrected chi connectivity index (χ0v) is 18.1. The van der Waals surface area contributed by atoms with Crippen molar-refractivity contribution in [2.45, 2.75) is 41.5 Å². The first-order valence-corrected chi connectivity index (χ1v) is 10.1. The zero-order chi connectivity index (χ0) is 20.6. The van der Waals surface area contributed by atoms with Crippen molar-refractivity contribution in [1.29, 1.82) is 0 Å². The Kier molecular flexibility index (Phi) is 7.69. The molecule has 148 valence electrons. The molecule has 0 radical (unpaired) electrons. The molecular weight excluding hydrogens is 342 g/mol. The van der Waals surface area contributed by atoms with Crippen LogP contribution in [0.25, 0.3) is 0 Å². The first-order chi connectivity index (χ1) is 13.4. The lowest BCUT2D eigenvalue weighted by atomic mass is 9.99. The van der Waals surface area contributed by atoms with Gasteiger partial charge in [-0.15, -0.1) is 0 Å². The summed E-state index contributed by atoms with van der Waals surface area (Å²) in [5, 5.41) is 0. The molecule has 0 aliphatic carbocycles. The zero-order valence-electron chi connectivity index (χ0n) is 18.1. The molecule has 0 aromatic heterocycles. The molecule has 28 heavy (non-hydrogen) atoms. The topological polar surface area (TPSA) is 12.5 Å². The van der Waals surface area contributed by atoms with E-state index in [2.05, 4.69) is 93.3 Å². The van der Waals surface area contributed by atoms with Gasteiger partial charge in [-0.2, -0.15) is 0 Å². The maximum absolute atomic E-state index is 5.91. The summed E-state index contributed by atoms with van der Waals surface area (Å²) in [6, 6.07) is 27.4.